The zero-order valence-electron chi connectivity index (χ0n) is 12.5. The summed E-state index contributed by atoms with van der Waals surface area (Å²) in [5, 5.41) is 0.508. The molecule has 0 fully saturated rings. The molecule has 1 atom stereocenters. The summed E-state index contributed by atoms with van der Waals surface area (Å²) in [7, 11) is 0. The standard InChI is InChI=1S/C17H19ClN2OS/c1-3-10-20(11-13-9-8-12(2)22-13)17(21)16(19)14-6-4-5-7-15(14)18/h3-9,16H,1,10-11,19H2,2H3/t16-/m0/s1. The Morgan fingerprint density at radius 1 is 1.41 bits per heavy atom. The number of benzene rings is 1. The van der Waals surface area contributed by atoms with E-state index in [0.717, 1.165) is 4.88 Å². The van der Waals surface area contributed by atoms with Crippen LogP contribution in [0.5, 0.6) is 0 Å². The number of nitrogens with two attached hydrogens (primary N) is 1. The Morgan fingerprint density at radius 3 is 2.73 bits per heavy atom. The van der Waals surface area contributed by atoms with Gasteiger partial charge in [-0.3, -0.25) is 4.79 Å². The number of carbonyl (C=O) groups excluding carboxylic acids is 1. The second-order valence-corrected chi connectivity index (χ2v) is 6.80. The van der Waals surface area contributed by atoms with Crippen LogP contribution >= 0.6 is 22.9 Å². The van der Waals surface area contributed by atoms with Gasteiger partial charge in [-0.15, -0.1) is 17.9 Å². The van der Waals surface area contributed by atoms with Crippen LogP contribution in [0.25, 0.3) is 0 Å². The number of thiophene rings is 1. The molecular formula is C17H19ClN2OS. The number of hydrogen-bond acceptors (Lipinski definition) is 3. The van der Waals surface area contributed by atoms with Crippen LogP contribution in [0.1, 0.15) is 21.4 Å². The molecule has 1 aromatic carbocycles. The van der Waals surface area contributed by atoms with Crippen LogP contribution in [0.4, 0.5) is 0 Å². The summed E-state index contributed by atoms with van der Waals surface area (Å²) in [5.74, 6) is -0.154. The van der Waals surface area contributed by atoms with Crippen molar-refractivity contribution < 1.29 is 4.79 Å². The molecule has 0 saturated heterocycles. The Labute approximate surface area is 140 Å². The van der Waals surface area contributed by atoms with Gasteiger partial charge >= 0.3 is 0 Å². The van der Waals surface area contributed by atoms with Gasteiger partial charge in [0.2, 0.25) is 5.91 Å². The molecule has 5 heteroatoms. The van der Waals surface area contributed by atoms with Crippen LogP contribution in [-0.2, 0) is 11.3 Å². The summed E-state index contributed by atoms with van der Waals surface area (Å²) in [6.07, 6.45) is 1.71. The van der Waals surface area contributed by atoms with Gasteiger partial charge in [0.1, 0.15) is 6.04 Å². The lowest BCUT2D eigenvalue weighted by molar-refractivity contribution is -0.132. The Morgan fingerprint density at radius 2 is 2.14 bits per heavy atom. The van der Waals surface area contributed by atoms with Gasteiger partial charge in [-0.25, -0.2) is 0 Å². The van der Waals surface area contributed by atoms with Gasteiger partial charge in [-0.05, 0) is 30.7 Å². The van der Waals surface area contributed by atoms with E-state index in [4.69, 9.17) is 17.3 Å². The molecule has 2 aromatic rings. The van der Waals surface area contributed by atoms with Crippen LogP contribution in [0, 0.1) is 6.92 Å². The van der Waals surface area contributed by atoms with Crippen molar-refractivity contribution in [1.82, 2.24) is 4.90 Å². The SMILES string of the molecule is C=CCN(Cc1ccc(C)s1)C(=O)[C@@H](N)c1ccccc1Cl. The molecule has 0 radical (unpaired) electrons. The first-order valence-electron chi connectivity index (χ1n) is 6.98. The lowest BCUT2D eigenvalue weighted by Crippen LogP contribution is -2.38. The molecule has 1 aromatic heterocycles. The molecule has 0 aliphatic heterocycles. The van der Waals surface area contributed by atoms with E-state index >= 15 is 0 Å². The van der Waals surface area contributed by atoms with Crippen LogP contribution < -0.4 is 5.73 Å². The minimum atomic E-state index is -0.769. The maximum absolute atomic E-state index is 12.7. The molecule has 0 aliphatic rings. The maximum atomic E-state index is 12.7. The summed E-state index contributed by atoms with van der Waals surface area (Å²) in [5.41, 5.74) is 6.77. The first kappa shape index (κ1) is 16.7. The zero-order chi connectivity index (χ0) is 16.1. The van der Waals surface area contributed by atoms with Crippen molar-refractivity contribution in [1.29, 1.82) is 0 Å². The molecule has 0 aliphatic carbocycles. The minimum Gasteiger partial charge on any atom is -0.332 e. The first-order valence-corrected chi connectivity index (χ1v) is 8.17. The monoisotopic (exact) mass is 334 g/mol. The molecule has 0 saturated carbocycles. The number of amides is 1. The summed E-state index contributed by atoms with van der Waals surface area (Å²) in [6.45, 7) is 6.75. The second-order valence-electron chi connectivity index (χ2n) is 5.02. The average molecular weight is 335 g/mol. The van der Waals surface area contributed by atoms with E-state index < -0.39 is 6.04 Å². The largest absolute Gasteiger partial charge is 0.332 e. The molecule has 1 heterocycles. The van der Waals surface area contributed by atoms with Gasteiger partial charge in [0.25, 0.3) is 0 Å². The maximum Gasteiger partial charge on any atom is 0.244 e. The van der Waals surface area contributed by atoms with Gasteiger partial charge in [0.15, 0.2) is 0 Å². The second kappa shape index (κ2) is 7.58. The third-order valence-corrected chi connectivity index (χ3v) is 4.64. The number of nitrogens with zero attached hydrogens (tertiary/aromatic N) is 1. The Bertz CT molecular complexity index is 668. The van der Waals surface area contributed by atoms with E-state index in [1.807, 2.05) is 31.2 Å². The van der Waals surface area contributed by atoms with E-state index in [9.17, 15) is 4.79 Å². The van der Waals surface area contributed by atoms with Crippen molar-refractivity contribution in [2.75, 3.05) is 6.54 Å². The van der Waals surface area contributed by atoms with E-state index in [1.54, 1.807) is 34.4 Å². The number of aryl methyl sites for hydroxylation is 1. The van der Waals surface area contributed by atoms with Crippen molar-refractivity contribution in [2.24, 2.45) is 5.73 Å². The highest BCUT2D eigenvalue weighted by Crippen LogP contribution is 2.24. The summed E-state index contributed by atoms with van der Waals surface area (Å²) >= 11 is 7.81. The van der Waals surface area contributed by atoms with Crippen molar-refractivity contribution in [3.63, 3.8) is 0 Å². The Balaban J connectivity index is 2.18. The molecular weight excluding hydrogens is 316 g/mol. The zero-order valence-corrected chi connectivity index (χ0v) is 14.0. The van der Waals surface area contributed by atoms with Gasteiger partial charge in [0.05, 0.1) is 6.54 Å². The molecule has 2 N–H and O–H groups in total. The summed E-state index contributed by atoms with van der Waals surface area (Å²) < 4.78 is 0. The van der Waals surface area contributed by atoms with Crippen LogP contribution in [0.15, 0.2) is 49.1 Å². The van der Waals surface area contributed by atoms with Crippen molar-refractivity contribution >= 4 is 28.8 Å². The predicted octanol–water partition coefficient (Wildman–Crippen LogP) is 3.92. The topological polar surface area (TPSA) is 46.3 Å². The fourth-order valence-electron chi connectivity index (χ4n) is 2.20. The van der Waals surface area contributed by atoms with E-state index in [2.05, 4.69) is 6.58 Å². The number of rotatable bonds is 6. The molecule has 116 valence electrons. The third-order valence-electron chi connectivity index (χ3n) is 3.31. The quantitative estimate of drug-likeness (QED) is 0.814. The lowest BCUT2D eigenvalue weighted by atomic mass is 10.1. The summed E-state index contributed by atoms with van der Waals surface area (Å²) in [6, 6.07) is 10.5. The molecule has 0 spiro atoms. The number of halogens is 1. The average Bonchev–Trinajstić information content (AvgIpc) is 2.91. The van der Waals surface area contributed by atoms with Crippen molar-refractivity contribution in [2.45, 2.75) is 19.5 Å². The lowest BCUT2D eigenvalue weighted by Gasteiger charge is -2.24. The molecule has 2 rings (SSSR count). The molecule has 3 nitrogen and oxygen atoms in total. The first-order chi connectivity index (χ1) is 10.5. The molecule has 0 unspecified atom stereocenters. The van der Waals surface area contributed by atoms with Gasteiger partial charge in [0, 0.05) is 21.3 Å². The van der Waals surface area contributed by atoms with Gasteiger partial charge in [-0.2, -0.15) is 0 Å². The molecule has 0 bridgehead atoms. The van der Waals surface area contributed by atoms with Gasteiger partial charge in [-0.1, -0.05) is 35.9 Å². The molecule has 1 amide bonds. The third kappa shape index (κ3) is 3.97. The molecule has 22 heavy (non-hydrogen) atoms. The van der Waals surface area contributed by atoms with E-state index in [1.165, 1.54) is 4.88 Å². The number of carbonyl (C=O) groups is 1. The fourth-order valence-corrected chi connectivity index (χ4v) is 3.36. The smallest absolute Gasteiger partial charge is 0.244 e. The normalized spacial score (nSPS) is 12.0. The van der Waals surface area contributed by atoms with Crippen LogP contribution in [0.2, 0.25) is 5.02 Å². The highest BCUT2D eigenvalue weighted by Gasteiger charge is 2.23. The Hall–Kier alpha value is -1.62. The minimum absolute atomic E-state index is 0.154. The van der Waals surface area contributed by atoms with E-state index in [-0.39, 0.29) is 5.91 Å². The van der Waals surface area contributed by atoms with Crippen molar-refractivity contribution in [3.8, 4) is 0 Å². The fraction of sp³-hybridized carbons (Fsp3) is 0.235. The highest BCUT2D eigenvalue weighted by molar-refractivity contribution is 7.11. The predicted molar refractivity (Wildman–Crippen MR) is 93.1 cm³/mol. The van der Waals surface area contributed by atoms with Crippen LogP contribution in [0.3, 0.4) is 0 Å². The van der Waals surface area contributed by atoms with E-state index in [0.29, 0.717) is 23.7 Å². The van der Waals surface area contributed by atoms with Gasteiger partial charge < -0.3 is 10.6 Å². The number of hydrogen-bond donors (Lipinski definition) is 1. The summed E-state index contributed by atoms with van der Waals surface area (Å²) in [4.78, 5) is 16.7. The van der Waals surface area contributed by atoms with Crippen molar-refractivity contribution in [3.05, 3.63) is 69.4 Å². The highest BCUT2D eigenvalue weighted by atomic mass is 35.5. The Kier molecular flexibility index (Phi) is 5.77. The van der Waals surface area contributed by atoms with Crippen LogP contribution in [-0.4, -0.2) is 17.4 Å².